The molecular weight excluding hydrogens is 276 g/mol. The number of hydrogen-bond acceptors (Lipinski definition) is 6. The van der Waals surface area contributed by atoms with Gasteiger partial charge in [0.05, 0.1) is 24.3 Å². The van der Waals surface area contributed by atoms with Crippen LogP contribution >= 0.6 is 15.9 Å². The average Bonchev–Trinajstić information content (AvgIpc) is 2.31. The molecular formula is C9H15BrN4O2. The molecule has 0 fully saturated rings. The van der Waals surface area contributed by atoms with Crippen molar-refractivity contribution in [3.05, 3.63) is 10.7 Å². The molecule has 3 N–H and O–H groups in total. The zero-order chi connectivity index (χ0) is 11.8. The van der Waals surface area contributed by atoms with Crippen LogP contribution in [0, 0.1) is 0 Å². The summed E-state index contributed by atoms with van der Waals surface area (Å²) >= 11 is 3.35. The summed E-state index contributed by atoms with van der Waals surface area (Å²) in [4.78, 5) is 8.27. The lowest BCUT2D eigenvalue weighted by Crippen LogP contribution is -2.13. The molecule has 0 unspecified atom stereocenters. The first-order chi connectivity index (χ1) is 7.77. The lowest BCUT2D eigenvalue weighted by atomic mass is 10.5. The first kappa shape index (κ1) is 13.1. The van der Waals surface area contributed by atoms with Crippen LogP contribution in [0.2, 0.25) is 0 Å². The van der Waals surface area contributed by atoms with Gasteiger partial charge in [0.15, 0.2) is 0 Å². The molecule has 0 bridgehead atoms. The number of aliphatic hydroxyl groups is 1. The van der Waals surface area contributed by atoms with E-state index in [-0.39, 0.29) is 6.61 Å². The van der Waals surface area contributed by atoms with Crippen LogP contribution in [-0.2, 0) is 4.74 Å². The number of anilines is 2. The fourth-order valence-corrected chi connectivity index (χ4v) is 1.35. The predicted octanol–water partition coefficient (Wildman–Crippen LogP) is 0.702. The van der Waals surface area contributed by atoms with Crippen LogP contribution in [0.1, 0.15) is 0 Å². The highest BCUT2D eigenvalue weighted by Gasteiger charge is 2.02. The molecule has 0 radical (unpaired) electrons. The number of halogens is 1. The zero-order valence-electron chi connectivity index (χ0n) is 9.03. The smallest absolute Gasteiger partial charge is 0.224 e. The van der Waals surface area contributed by atoms with Crippen molar-refractivity contribution >= 4 is 27.7 Å². The second kappa shape index (κ2) is 7.37. The van der Waals surface area contributed by atoms with Crippen molar-refractivity contribution in [2.45, 2.75) is 0 Å². The Bertz CT molecular complexity index is 324. The van der Waals surface area contributed by atoms with Gasteiger partial charge in [-0.1, -0.05) is 0 Å². The maximum absolute atomic E-state index is 8.51. The molecule has 0 spiro atoms. The summed E-state index contributed by atoms with van der Waals surface area (Å²) < 4.78 is 5.91. The Morgan fingerprint density at radius 2 is 2.31 bits per heavy atom. The average molecular weight is 291 g/mol. The van der Waals surface area contributed by atoms with E-state index in [9.17, 15) is 0 Å². The van der Waals surface area contributed by atoms with Gasteiger partial charge in [0.25, 0.3) is 0 Å². The van der Waals surface area contributed by atoms with Gasteiger partial charge in [-0.05, 0) is 15.9 Å². The van der Waals surface area contributed by atoms with Crippen LogP contribution in [0.5, 0.6) is 0 Å². The van der Waals surface area contributed by atoms with Crippen molar-refractivity contribution < 1.29 is 9.84 Å². The summed E-state index contributed by atoms with van der Waals surface area (Å²) in [5.41, 5.74) is 0. The van der Waals surface area contributed by atoms with Crippen molar-refractivity contribution in [3.8, 4) is 0 Å². The molecule has 0 saturated carbocycles. The second-order valence-corrected chi connectivity index (χ2v) is 3.76. The van der Waals surface area contributed by atoms with E-state index in [4.69, 9.17) is 9.84 Å². The van der Waals surface area contributed by atoms with Crippen LogP contribution in [-0.4, -0.2) is 48.5 Å². The Kier molecular flexibility index (Phi) is 6.05. The topological polar surface area (TPSA) is 79.3 Å². The van der Waals surface area contributed by atoms with Crippen molar-refractivity contribution in [1.82, 2.24) is 9.97 Å². The quantitative estimate of drug-likeness (QED) is 0.642. The number of nitrogens with zero attached hydrogens (tertiary/aromatic N) is 2. The van der Waals surface area contributed by atoms with E-state index < -0.39 is 0 Å². The van der Waals surface area contributed by atoms with Gasteiger partial charge in [-0.25, -0.2) is 4.98 Å². The lowest BCUT2D eigenvalue weighted by molar-refractivity contribution is 0.0992. The van der Waals surface area contributed by atoms with E-state index in [1.54, 1.807) is 13.2 Å². The third-order valence-electron chi connectivity index (χ3n) is 1.74. The first-order valence-corrected chi connectivity index (χ1v) is 5.70. The van der Waals surface area contributed by atoms with Crippen molar-refractivity contribution in [2.75, 3.05) is 44.0 Å². The molecule has 1 heterocycles. The molecule has 6 nitrogen and oxygen atoms in total. The molecule has 1 rings (SSSR count). The molecule has 7 heteroatoms. The summed E-state index contributed by atoms with van der Waals surface area (Å²) in [6.45, 7) is 1.54. The Labute approximate surface area is 103 Å². The van der Waals surface area contributed by atoms with E-state index >= 15 is 0 Å². The van der Waals surface area contributed by atoms with Gasteiger partial charge in [-0.2, -0.15) is 4.98 Å². The molecule has 1 aromatic rings. The highest BCUT2D eigenvalue weighted by molar-refractivity contribution is 9.10. The SMILES string of the molecule is CNc1ncc(Br)c(NCCOCCO)n1. The van der Waals surface area contributed by atoms with Gasteiger partial charge in [0, 0.05) is 19.8 Å². The Hall–Kier alpha value is -0.920. The summed E-state index contributed by atoms with van der Waals surface area (Å²) in [5, 5.41) is 14.5. The van der Waals surface area contributed by atoms with Crippen LogP contribution in [0.25, 0.3) is 0 Å². The minimum absolute atomic E-state index is 0.0428. The first-order valence-electron chi connectivity index (χ1n) is 4.90. The molecule has 0 aromatic carbocycles. The van der Waals surface area contributed by atoms with Crippen LogP contribution in [0.3, 0.4) is 0 Å². The molecule has 1 aromatic heterocycles. The van der Waals surface area contributed by atoms with E-state index in [2.05, 4.69) is 36.5 Å². The third-order valence-corrected chi connectivity index (χ3v) is 2.32. The number of rotatable bonds is 7. The molecule has 0 atom stereocenters. The van der Waals surface area contributed by atoms with Gasteiger partial charge in [0.2, 0.25) is 5.95 Å². The number of aliphatic hydroxyl groups excluding tert-OH is 1. The van der Waals surface area contributed by atoms with Crippen LogP contribution in [0.4, 0.5) is 11.8 Å². The fourth-order valence-electron chi connectivity index (χ4n) is 1.02. The monoisotopic (exact) mass is 290 g/mol. The number of aromatic nitrogens is 2. The Morgan fingerprint density at radius 3 is 3.00 bits per heavy atom. The van der Waals surface area contributed by atoms with E-state index in [0.29, 0.717) is 31.5 Å². The van der Waals surface area contributed by atoms with E-state index in [1.807, 2.05) is 0 Å². The Balaban J connectivity index is 2.40. The summed E-state index contributed by atoms with van der Waals surface area (Å²) in [7, 11) is 1.76. The lowest BCUT2D eigenvalue weighted by Gasteiger charge is -2.08. The maximum atomic E-state index is 8.51. The molecule has 16 heavy (non-hydrogen) atoms. The normalized spacial score (nSPS) is 10.2. The summed E-state index contributed by atoms with van der Waals surface area (Å²) in [6, 6.07) is 0. The predicted molar refractivity (Wildman–Crippen MR) is 65.7 cm³/mol. The molecule has 0 aliphatic rings. The van der Waals surface area contributed by atoms with Gasteiger partial charge in [-0.15, -0.1) is 0 Å². The van der Waals surface area contributed by atoms with Crippen molar-refractivity contribution in [1.29, 1.82) is 0 Å². The van der Waals surface area contributed by atoms with Crippen LogP contribution < -0.4 is 10.6 Å². The molecule has 0 aliphatic carbocycles. The molecule has 0 aliphatic heterocycles. The molecule has 0 saturated heterocycles. The number of nitrogens with one attached hydrogen (secondary N) is 2. The summed E-state index contributed by atoms with van der Waals surface area (Å²) in [5.74, 6) is 1.27. The Morgan fingerprint density at radius 1 is 1.50 bits per heavy atom. The minimum atomic E-state index is 0.0428. The van der Waals surface area contributed by atoms with Gasteiger partial charge in [-0.3, -0.25) is 0 Å². The van der Waals surface area contributed by atoms with Crippen LogP contribution in [0.15, 0.2) is 10.7 Å². The van der Waals surface area contributed by atoms with E-state index in [0.717, 1.165) is 4.47 Å². The second-order valence-electron chi connectivity index (χ2n) is 2.90. The molecule has 0 amide bonds. The number of hydrogen-bond donors (Lipinski definition) is 3. The van der Waals surface area contributed by atoms with Gasteiger partial charge >= 0.3 is 0 Å². The minimum Gasteiger partial charge on any atom is -0.394 e. The fraction of sp³-hybridized carbons (Fsp3) is 0.556. The van der Waals surface area contributed by atoms with Gasteiger partial charge < -0.3 is 20.5 Å². The highest BCUT2D eigenvalue weighted by Crippen LogP contribution is 2.19. The standard InChI is InChI=1S/C9H15BrN4O2/c1-11-9-13-6-7(10)8(14-9)12-2-4-16-5-3-15/h6,15H,2-5H2,1H3,(H2,11,12,13,14). The van der Waals surface area contributed by atoms with Crippen molar-refractivity contribution in [2.24, 2.45) is 0 Å². The molecule has 90 valence electrons. The summed E-state index contributed by atoms with van der Waals surface area (Å²) in [6.07, 6.45) is 1.68. The zero-order valence-corrected chi connectivity index (χ0v) is 10.6. The van der Waals surface area contributed by atoms with Crippen molar-refractivity contribution in [3.63, 3.8) is 0 Å². The van der Waals surface area contributed by atoms with Gasteiger partial charge in [0.1, 0.15) is 5.82 Å². The number of ether oxygens (including phenoxy) is 1. The third kappa shape index (κ3) is 4.30. The largest absolute Gasteiger partial charge is 0.394 e. The van der Waals surface area contributed by atoms with E-state index in [1.165, 1.54) is 0 Å². The maximum Gasteiger partial charge on any atom is 0.224 e. The highest BCUT2D eigenvalue weighted by atomic mass is 79.9.